The highest BCUT2D eigenvalue weighted by atomic mass is 19.1. The fraction of sp³-hybridized carbons (Fsp3) is 0.500. The quantitative estimate of drug-likeness (QED) is 0.0782. The number of nitrogens with zero attached hydrogens (tertiary/aromatic N) is 10. The monoisotopic (exact) mass is 1080 g/mol. The number of piperazine rings is 1. The molecule has 19 nitrogen and oxygen atoms in total. The molecule has 9 heterocycles. The smallest absolute Gasteiger partial charge is 0.414 e. The third-order valence-corrected chi connectivity index (χ3v) is 18.2. The molecule has 0 saturated carbocycles. The number of phenolic OH excluding ortho intramolecular Hbond substituents is 1. The Labute approximate surface area is 455 Å². The number of rotatable bonds is 11. The Bertz CT molecular complexity index is 3530. The van der Waals surface area contributed by atoms with Gasteiger partial charge in [-0.15, -0.1) is 6.42 Å². The van der Waals surface area contributed by atoms with Crippen LogP contribution in [0, 0.1) is 29.9 Å². The van der Waals surface area contributed by atoms with E-state index in [0.29, 0.717) is 65.0 Å². The molecular weight excluding hydrogens is 1020 g/mol. The number of imide groups is 1. The summed E-state index contributed by atoms with van der Waals surface area (Å²) in [6, 6.07) is 10.6. The van der Waals surface area contributed by atoms with Crippen LogP contribution in [0.5, 0.6) is 11.8 Å². The third kappa shape index (κ3) is 9.44. The van der Waals surface area contributed by atoms with Crippen molar-refractivity contribution in [2.24, 2.45) is 13.0 Å². The van der Waals surface area contributed by atoms with Crippen molar-refractivity contribution < 1.29 is 47.3 Å². The minimum absolute atomic E-state index is 0.0565. The fourth-order valence-electron chi connectivity index (χ4n) is 13.9. The van der Waals surface area contributed by atoms with Crippen LogP contribution in [0.25, 0.3) is 44.0 Å². The second-order valence-corrected chi connectivity index (χ2v) is 23.1. The Balaban J connectivity index is 0.690. The Hall–Kier alpha value is -7.41. The number of aliphatic hydroxyl groups is 1. The van der Waals surface area contributed by atoms with Crippen molar-refractivity contribution in [1.82, 2.24) is 39.2 Å². The van der Waals surface area contributed by atoms with Crippen LogP contribution >= 0.6 is 0 Å². The number of fused-ring (bicyclic) bond motifs is 4. The SMILES string of the molecule is C#Cc1c(F)ccc2cc(O)cc(-c3ncc4c(N5CCC[C@@](C)(O)C5)nc(OCC56CCC[N+]5(COC(=O)N5CCN(CC7CCN(c8ccc9c(c8)n(C)c(=O)n9C8CCC(=O)NC8=O)CC7)CC5)CCC6)nc4c3F)c12. The van der Waals surface area contributed by atoms with Crippen molar-refractivity contribution in [2.75, 3.05) is 95.1 Å². The topological polar surface area (TPSA) is 201 Å². The highest BCUT2D eigenvalue weighted by Crippen LogP contribution is 2.47. The Morgan fingerprint density at radius 2 is 1.70 bits per heavy atom. The minimum atomic E-state index is -1.03. The van der Waals surface area contributed by atoms with E-state index in [-0.39, 0.29) is 89.9 Å². The van der Waals surface area contributed by atoms with Gasteiger partial charge in [-0.3, -0.25) is 38.4 Å². The lowest BCUT2D eigenvalue weighted by molar-refractivity contribution is -0.966. The van der Waals surface area contributed by atoms with E-state index in [1.807, 2.05) is 28.0 Å². The van der Waals surface area contributed by atoms with Crippen molar-refractivity contribution in [2.45, 2.75) is 88.3 Å². The van der Waals surface area contributed by atoms with Gasteiger partial charge in [-0.1, -0.05) is 12.0 Å². The number of carbonyl (C=O) groups excluding carboxylic acids is 3. The van der Waals surface area contributed by atoms with E-state index in [0.717, 1.165) is 95.5 Å². The number of halogens is 2. The van der Waals surface area contributed by atoms with E-state index in [2.05, 4.69) is 31.0 Å². The number of carbonyl (C=O) groups is 3. The summed E-state index contributed by atoms with van der Waals surface area (Å²) in [6.07, 6.45) is 14.1. The summed E-state index contributed by atoms with van der Waals surface area (Å²) in [4.78, 5) is 74.3. The second kappa shape index (κ2) is 20.4. The van der Waals surface area contributed by atoms with Gasteiger partial charge in [-0.25, -0.2) is 18.4 Å². The first-order valence-electron chi connectivity index (χ1n) is 27.7. The average Bonchev–Trinajstić information content (AvgIpc) is 4.31. The standard InChI is InChI=1S/C58H65F2N11O8/c1-4-40-43(59)10-8-37-28-39(72)30-41(48(37)40)50-49(60)51-42(31-61-50)52(69-19-5-16-57(2,77)33-69)64-54(63-51)78-34-58-17-6-26-71(58,27-7-18-58)35-79-56(76)68-24-22-66(23-25-68)32-36-14-20-67(21-15-36)38-9-11-44-46(29-38)65(3)55(75)70(44)45-12-13-47(73)62-53(45)74/h1,8-11,28-31,36,45,77H,5-7,12-27,32-35H2,2-3H3,(H-,62,72,73,74)/p+1/t45?,57-,58?,71?/m1/s1. The van der Waals surface area contributed by atoms with Gasteiger partial charge in [0.25, 0.3) is 0 Å². The van der Waals surface area contributed by atoms with Gasteiger partial charge in [-0.05, 0) is 86.7 Å². The molecular formula is C58H66F2N11O8+. The lowest BCUT2D eigenvalue weighted by Crippen LogP contribution is -2.61. The van der Waals surface area contributed by atoms with Gasteiger partial charge in [-0.2, -0.15) is 9.97 Å². The number of imidazole rings is 1. The summed E-state index contributed by atoms with van der Waals surface area (Å²) >= 11 is 0. The van der Waals surface area contributed by atoms with Crippen molar-refractivity contribution in [3.63, 3.8) is 0 Å². The van der Waals surface area contributed by atoms with Gasteiger partial charge in [0.1, 0.15) is 46.8 Å². The number of hydrogen-bond acceptors (Lipinski definition) is 14. The molecule has 0 bridgehead atoms. The van der Waals surface area contributed by atoms with Crippen molar-refractivity contribution in [3.05, 3.63) is 76.3 Å². The molecule has 414 valence electrons. The lowest BCUT2D eigenvalue weighted by Gasteiger charge is -2.43. The maximum Gasteiger partial charge on any atom is 0.414 e. The molecule has 6 fully saturated rings. The summed E-state index contributed by atoms with van der Waals surface area (Å²) in [5, 5.41) is 25.2. The molecule has 6 saturated heterocycles. The van der Waals surface area contributed by atoms with Crippen LogP contribution < -0.4 is 25.5 Å². The summed E-state index contributed by atoms with van der Waals surface area (Å²) in [5.41, 5.74) is 0.442. The normalized spacial score (nSPS) is 25.1. The molecule has 6 aliphatic heterocycles. The van der Waals surface area contributed by atoms with Crippen LogP contribution in [-0.4, -0.2) is 163 Å². The van der Waals surface area contributed by atoms with Crippen LogP contribution in [0.3, 0.4) is 0 Å². The van der Waals surface area contributed by atoms with E-state index >= 15 is 8.78 Å². The van der Waals surface area contributed by atoms with Gasteiger partial charge in [0.05, 0.1) is 40.7 Å². The summed E-state index contributed by atoms with van der Waals surface area (Å²) in [7, 11) is 1.71. The van der Waals surface area contributed by atoms with Crippen LogP contribution in [0.2, 0.25) is 0 Å². The molecule has 3 N–H and O–H groups in total. The molecule has 3 amide bonds. The van der Waals surface area contributed by atoms with E-state index in [1.54, 1.807) is 18.5 Å². The van der Waals surface area contributed by atoms with E-state index in [9.17, 15) is 29.4 Å². The average molecular weight is 1080 g/mol. The van der Waals surface area contributed by atoms with Gasteiger partial charge >= 0.3 is 17.8 Å². The largest absolute Gasteiger partial charge is 0.508 e. The number of anilines is 2. The predicted molar refractivity (Wildman–Crippen MR) is 291 cm³/mol. The first-order valence-corrected chi connectivity index (χ1v) is 27.7. The molecule has 12 rings (SSSR count). The van der Waals surface area contributed by atoms with Crippen molar-refractivity contribution in [1.29, 1.82) is 0 Å². The highest BCUT2D eigenvalue weighted by Gasteiger charge is 2.60. The molecule has 3 aromatic carbocycles. The minimum Gasteiger partial charge on any atom is -0.508 e. The molecule has 3 aromatic heterocycles. The number of ether oxygens (including phenoxy) is 2. The van der Waals surface area contributed by atoms with E-state index in [1.165, 1.54) is 35.0 Å². The molecule has 0 radical (unpaired) electrons. The number of benzene rings is 3. The summed E-state index contributed by atoms with van der Waals surface area (Å²) < 4.78 is 48.9. The molecule has 6 aliphatic rings. The molecule has 2 atom stereocenters. The number of pyridine rings is 1. The van der Waals surface area contributed by atoms with Gasteiger partial charge in [0, 0.05) is 121 Å². The van der Waals surface area contributed by atoms with Gasteiger partial charge < -0.3 is 34.4 Å². The highest BCUT2D eigenvalue weighted by molar-refractivity contribution is 6.03. The lowest BCUT2D eigenvalue weighted by atomic mass is 9.94. The molecule has 0 aliphatic carbocycles. The zero-order valence-electron chi connectivity index (χ0n) is 44.7. The summed E-state index contributed by atoms with van der Waals surface area (Å²) in [6.45, 7) is 9.84. The van der Waals surface area contributed by atoms with Crippen LogP contribution in [0.4, 0.5) is 25.1 Å². The van der Waals surface area contributed by atoms with Crippen LogP contribution in [0.15, 0.2) is 53.5 Å². The van der Waals surface area contributed by atoms with Gasteiger partial charge in [0.15, 0.2) is 5.82 Å². The number of terminal acetylenes is 1. The molecule has 6 aromatic rings. The Morgan fingerprint density at radius 3 is 2.43 bits per heavy atom. The molecule has 79 heavy (non-hydrogen) atoms. The fourth-order valence-corrected chi connectivity index (χ4v) is 13.9. The van der Waals surface area contributed by atoms with Crippen molar-refractivity contribution in [3.8, 4) is 35.4 Å². The number of phenols is 1. The predicted octanol–water partition coefficient (Wildman–Crippen LogP) is 5.94. The van der Waals surface area contributed by atoms with Crippen LogP contribution in [0.1, 0.15) is 82.7 Å². The molecule has 1 unspecified atom stereocenters. The molecule has 21 heteroatoms. The van der Waals surface area contributed by atoms with Crippen LogP contribution in [-0.2, 0) is 21.4 Å². The van der Waals surface area contributed by atoms with Gasteiger partial charge in [0.2, 0.25) is 18.5 Å². The number of aromatic hydroxyl groups is 1. The molecule has 0 spiro atoms. The van der Waals surface area contributed by atoms with E-state index in [4.69, 9.17) is 20.9 Å². The zero-order valence-corrected chi connectivity index (χ0v) is 44.7. The number of aromatic nitrogens is 5. The summed E-state index contributed by atoms with van der Waals surface area (Å²) in [5.74, 6) is 0.778. The Morgan fingerprint density at radius 1 is 0.924 bits per heavy atom. The second-order valence-electron chi connectivity index (χ2n) is 23.1. The first kappa shape index (κ1) is 52.3. The zero-order chi connectivity index (χ0) is 55.0. The maximum absolute atomic E-state index is 17.3. The number of quaternary nitrogens is 1. The van der Waals surface area contributed by atoms with Crippen molar-refractivity contribution >= 4 is 62.1 Å². The maximum atomic E-state index is 17.3. The number of nitrogens with one attached hydrogen (secondary N) is 1. The Kier molecular flexibility index (Phi) is 13.5. The number of aryl methyl sites for hydroxylation is 1. The third-order valence-electron chi connectivity index (χ3n) is 18.2. The van der Waals surface area contributed by atoms with E-state index < -0.39 is 34.7 Å². The first-order chi connectivity index (χ1) is 38.0. The number of hydrogen-bond donors (Lipinski definition) is 3. The number of piperidine rings is 3. The number of β-amino-alcohol motifs (C(OH)–C–C–N with tert-alkyl or cyclic N) is 1. The number of amides is 3.